The number of rotatable bonds is 5. The Kier molecular flexibility index (Phi) is 4.87. The van der Waals surface area contributed by atoms with Crippen molar-refractivity contribution in [3.63, 3.8) is 0 Å². The minimum atomic E-state index is -0.361. The molecule has 1 aliphatic rings. The molecular weight excluding hydrogens is 386 g/mol. The summed E-state index contributed by atoms with van der Waals surface area (Å²) in [6, 6.07) is 0. The summed E-state index contributed by atoms with van der Waals surface area (Å²) < 4.78 is 2.01. The SMILES string of the molecule is CC(C)Sc1nc2sc3c(c2c2nnc(SCC(N)=O)n12)[C@H](C)CCC3. The monoisotopic (exact) mass is 407 g/mol. The molecule has 0 fully saturated rings. The van der Waals surface area contributed by atoms with Gasteiger partial charge in [0, 0.05) is 10.1 Å². The van der Waals surface area contributed by atoms with E-state index in [0.29, 0.717) is 16.3 Å². The molecule has 0 unspecified atom stereocenters. The van der Waals surface area contributed by atoms with Crippen molar-refractivity contribution >= 4 is 56.6 Å². The van der Waals surface area contributed by atoms with Crippen molar-refractivity contribution in [2.75, 3.05) is 5.75 Å². The number of aryl methyl sites for hydroxylation is 1. The van der Waals surface area contributed by atoms with E-state index in [-0.39, 0.29) is 11.7 Å². The highest BCUT2D eigenvalue weighted by Crippen LogP contribution is 2.44. The maximum atomic E-state index is 11.2. The van der Waals surface area contributed by atoms with E-state index in [1.54, 1.807) is 23.1 Å². The van der Waals surface area contributed by atoms with E-state index in [2.05, 4.69) is 31.0 Å². The molecule has 1 atom stereocenters. The zero-order valence-electron chi connectivity index (χ0n) is 15.0. The Hall–Kier alpha value is -1.32. The summed E-state index contributed by atoms with van der Waals surface area (Å²) in [5.41, 5.74) is 7.57. The number of thioether (sulfide) groups is 2. The number of hydrogen-bond donors (Lipinski definition) is 1. The van der Waals surface area contributed by atoms with Gasteiger partial charge in [-0.05, 0) is 30.7 Å². The van der Waals surface area contributed by atoms with E-state index in [0.717, 1.165) is 27.4 Å². The average molecular weight is 408 g/mol. The van der Waals surface area contributed by atoms with Gasteiger partial charge in [0.05, 0.1) is 11.1 Å². The van der Waals surface area contributed by atoms with Crippen LogP contribution in [0.4, 0.5) is 0 Å². The van der Waals surface area contributed by atoms with E-state index in [9.17, 15) is 4.79 Å². The summed E-state index contributed by atoms with van der Waals surface area (Å²) >= 11 is 4.81. The van der Waals surface area contributed by atoms with Gasteiger partial charge in [0.25, 0.3) is 0 Å². The summed E-state index contributed by atoms with van der Waals surface area (Å²) in [7, 11) is 0. The Balaban J connectivity index is 1.98. The third-order valence-electron chi connectivity index (χ3n) is 4.47. The second-order valence-corrected chi connectivity index (χ2v) is 10.4. The number of nitrogens with two attached hydrogens (primary N) is 1. The Labute approximate surface area is 164 Å². The largest absolute Gasteiger partial charge is 0.369 e. The molecule has 3 aromatic heterocycles. The normalized spacial score (nSPS) is 17.3. The molecule has 4 rings (SSSR count). The zero-order chi connectivity index (χ0) is 18.4. The summed E-state index contributed by atoms with van der Waals surface area (Å²) in [4.78, 5) is 18.7. The van der Waals surface area contributed by atoms with Crippen LogP contribution in [0.3, 0.4) is 0 Å². The molecule has 3 heterocycles. The summed E-state index contributed by atoms with van der Waals surface area (Å²) in [5, 5.41) is 11.9. The third kappa shape index (κ3) is 3.10. The summed E-state index contributed by atoms with van der Waals surface area (Å²) in [6.45, 7) is 6.57. The van der Waals surface area contributed by atoms with Gasteiger partial charge < -0.3 is 5.73 Å². The van der Waals surface area contributed by atoms with Crippen LogP contribution in [0.15, 0.2) is 10.3 Å². The van der Waals surface area contributed by atoms with Crippen molar-refractivity contribution in [1.82, 2.24) is 19.6 Å². The van der Waals surface area contributed by atoms with Gasteiger partial charge in [-0.1, -0.05) is 44.3 Å². The molecule has 0 bridgehead atoms. The maximum absolute atomic E-state index is 11.2. The lowest BCUT2D eigenvalue weighted by molar-refractivity contribution is -0.115. The van der Waals surface area contributed by atoms with E-state index >= 15 is 0 Å². The van der Waals surface area contributed by atoms with Crippen LogP contribution in [-0.4, -0.2) is 36.5 Å². The van der Waals surface area contributed by atoms with Crippen molar-refractivity contribution in [2.45, 2.75) is 61.5 Å². The molecule has 26 heavy (non-hydrogen) atoms. The number of primary amides is 1. The van der Waals surface area contributed by atoms with Crippen molar-refractivity contribution in [3.05, 3.63) is 10.4 Å². The highest BCUT2D eigenvalue weighted by atomic mass is 32.2. The zero-order valence-corrected chi connectivity index (χ0v) is 17.4. The smallest absolute Gasteiger partial charge is 0.227 e. The van der Waals surface area contributed by atoms with Crippen LogP contribution in [0.5, 0.6) is 0 Å². The molecule has 9 heteroatoms. The molecule has 0 radical (unpaired) electrons. The van der Waals surface area contributed by atoms with Crippen LogP contribution in [0, 0.1) is 0 Å². The molecule has 1 amide bonds. The molecule has 6 nitrogen and oxygen atoms in total. The van der Waals surface area contributed by atoms with Crippen LogP contribution in [0.2, 0.25) is 0 Å². The van der Waals surface area contributed by atoms with Gasteiger partial charge in [0.2, 0.25) is 5.91 Å². The van der Waals surface area contributed by atoms with E-state index in [1.807, 2.05) is 4.40 Å². The first-order valence-electron chi connectivity index (χ1n) is 8.74. The van der Waals surface area contributed by atoms with Gasteiger partial charge in [0.15, 0.2) is 16.0 Å². The number of thiophene rings is 1. The maximum Gasteiger partial charge on any atom is 0.227 e. The Morgan fingerprint density at radius 3 is 2.92 bits per heavy atom. The minimum Gasteiger partial charge on any atom is -0.369 e. The molecule has 0 aromatic carbocycles. The van der Waals surface area contributed by atoms with Crippen LogP contribution < -0.4 is 5.73 Å². The molecule has 0 spiro atoms. The quantitative estimate of drug-likeness (QED) is 0.510. The van der Waals surface area contributed by atoms with E-state index in [1.165, 1.54) is 35.0 Å². The topological polar surface area (TPSA) is 86.2 Å². The Bertz CT molecular complexity index is 994. The van der Waals surface area contributed by atoms with Gasteiger partial charge in [0.1, 0.15) is 4.83 Å². The third-order valence-corrected chi connectivity index (χ3v) is 7.53. The number of fused-ring (bicyclic) bond motifs is 5. The van der Waals surface area contributed by atoms with Crippen molar-refractivity contribution in [2.24, 2.45) is 5.73 Å². The van der Waals surface area contributed by atoms with Gasteiger partial charge in [-0.3, -0.25) is 4.79 Å². The van der Waals surface area contributed by atoms with Crippen LogP contribution in [0.1, 0.15) is 50.0 Å². The predicted molar refractivity (Wildman–Crippen MR) is 108 cm³/mol. The first-order valence-corrected chi connectivity index (χ1v) is 11.4. The predicted octanol–water partition coefficient (Wildman–Crippen LogP) is 3.86. The number of amides is 1. The molecular formula is C17H21N5OS3. The van der Waals surface area contributed by atoms with Crippen molar-refractivity contribution < 1.29 is 4.79 Å². The first kappa shape index (κ1) is 18.1. The van der Waals surface area contributed by atoms with Crippen molar-refractivity contribution in [3.8, 4) is 0 Å². The lowest BCUT2D eigenvalue weighted by Crippen LogP contribution is -2.13. The fourth-order valence-corrected chi connectivity index (χ4v) is 6.41. The summed E-state index contributed by atoms with van der Waals surface area (Å²) in [6.07, 6.45) is 3.55. The number of hydrogen-bond acceptors (Lipinski definition) is 7. The van der Waals surface area contributed by atoms with Crippen LogP contribution >= 0.6 is 34.9 Å². The molecule has 0 saturated heterocycles. The number of carbonyl (C=O) groups excluding carboxylic acids is 1. The first-order chi connectivity index (χ1) is 12.5. The standard InChI is InChI=1S/C17H21N5OS3/c1-8(2)25-16-19-15-13(12-9(3)5-4-6-10(12)26-15)14-20-21-17(22(14)16)24-7-11(18)23/h8-9H,4-7H2,1-3H3,(H2,18,23)/t9-/m1/s1. The molecule has 138 valence electrons. The molecule has 0 aliphatic heterocycles. The van der Waals surface area contributed by atoms with Crippen LogP contribution in [-0.2, 0) is 11.2 Å². The number of carbonyl (C=O) groups is 1. The Morgan fingerprint density at radius 2 is 2.19 bits per heavy atom. The highest BCUT2D eigenvalue weighted by Gasteiger charge is 2.27. The summed E-state index contributed by atoms with van der Waals surface area (Å²) in [5.74, 6) is 0.337. The van der Waals surface area contributed by atoms with Crippen LogP contribution in [0.25, 0.3) is 15.9 Å². The number of aromatic nitrogens is 4. The van der Waals surface area contributed by atoms with E-state index < -0.39 is 0 Å². The fraction of sp³-hybridized carbons (Fsp3) is 0.529. The highest BCUT2D eigenvalue weighted by molar-refractivity contribution is 8.00. The van der Waals surface area contributed by atoms with E-state index in [4.69, 9.17) is 10.7 Å². The Morgan fingerprint density at radius 1 is 1.38 bits per heavy atom. The lowest BCUT2D eigenvalue weighted by atomic mass is 9.87. The van der Waals surface area contributed by atoms with Gasteiger partial charge in [-0.2, -0.15) is 0 Å². The van der Waals surface area contributed by atoms with Gasteiger partial charge in [-0.15, -0.1) is 21.5 Å². The second kappa shape index (κ2) is 7.01. The van der Waals surface area contributed by atoms with Crippen molar-refractivity contribution in [1.29, 1.82) is 0 Å². The minimum absolute atomic E-state index is 0.183. The lowest BCUT2D eigenvalue weighted by Gasteiger charge is -2.18. The van der Waals surface area contributed by atoms with Gasteiger partial charge in [-0.25, -0.2) is 9.38 Å². The van der Waals surface area contributed by atoms with Gasteiger partial charge >= 0.3 is 0 Å². The molecule has 3 aromatic rings. The fourth-order valence-electron chi connectivity index (χ4n) is 3.45. The molecule has 1 aliphatic carbocycles. The number of nitrogens with zero attached hydrogens (tertiary/aromatic N) is 4. The average Bonchev–Trinajstić information content (AvgIpc) is 3.13. The molecule has 2 N–H and O–H groups in total. The molecule has 0 saturated carbocycles. The second-order valence-electron chi connectivity index (χ2n) is 6.87.